The smallest absolute Gasteiger partial charge is 0.410 e. The van der Waals surface area contributed by atoms with Crippen LogP contribution in [0.4, 0.5) is 19.3 Å². The van der Waals surface area contributed by atoms with Crippen molar-refractivity contribution in [2.75, 3.05) is 19.0 Å². The van der Waals surface area contributed by atoms with Gasteiger partial charge in [0.15, 0.2) is 0 Å². The van der Waals surface area contributed by atoms with Crippen LogP contribution in [0.1, 0.15) is 32.8 Å². The van der Waals surface area contributed by atoms with Gasteiger partial charge in [0.05, 0.1) is 5.69 Å². The second kappa shape index (κ2) is 6.37. The Kier molecular flexibility index (Phi) is 4.82. The monoisotopic (exact) mass is 340 g/mol. The molecule has 132 valence electrons. The average molecular weight is 340 g/mol. The summed E-state index contributed by atoms with van der Waals surface area (Å²) in [4.78, 5) is 27.2. The van der Waals surface area contributed by atoms with Crippen LogP contribution in [-0.4, -0.2) is 42.6 Å². The SMILES string of the molecule is CN1C(=O)C(N(C)C(=O)OC(C)(C)C)CCc2cc(F)cc(F)c21. The van der Waals surface area contributed by atoms with E-state index in [1.165, 1.54) is 25.1 Å². The fraction of sp³-hybridized carbons (Fsp3) is 0.529. The molecule has 1 heterocycles. The van der Waals surface area contributed by atoms with E-state index < -0.39 is 35.3 Å². The third-order valence-electron chi connectivity index (χ3n) is 3.89. The number of carbonyl (C=O) groups is 2. The van der Waals surface area contributed by atoms with Gasteiger partial charge in [-0.15, -0.1) is 0 Å². The molecule has 1 atom stereocenters. The Morgan fingerprint density at radius 3 is 2.54 bits per heavy atom. The molecule has 1 aromatic carbocycles. The molecular weight excluding hydrogens is 318 g/mol. The number of rotatable bonds is 1. The average Bonchev–Trinajstić information content (AvgIpc) is 2.54. The summed E-state index contributed by atoms with van der Waals surface area (Å²) in [5.74, 6) is -1.92. The number of hydrogen-bond donors (Lipinski definition) is 0. The zero-order valence-electron chi connectivity index (χ0n) is 14.5. The Hall–Kier alpha value is -2.18. The predicted octanol–water partition coefficient (Wildman–Crippen LogP) is 3.11. The Morgan fingerprint density at radius 1 is 1.33 bits per heavy atom. The van der Waals surface area contributed by atoms with Crippen LogP contribution >= 0.6 is 0 Å². The summed E-state index contributed by atoms with van der Waals surface area (Å²) >= 11 is 0. The molecule has 1 unspecified atom stereocenters. The minimum Gasteiger partial charge on any atom is -0.444 e. The Morgan fingerprint density at radius 2 is 1.96 bits per heavy atom. The van der Waals surface area contributed by atoms with Crippen LogP contribution in [0.5, 0.6) is 0 Å². The van der Waals surface area contributed by atoms with E-state index in [4.69, 9.17) is 4.74 Å². The van der Waals surface area contributed by atoms with Crippen molar-refractivity contribution in [1.29, 1.82) is 0 Å². The van der Waals surface area contributed by atoms with E-state index in [1.807, 2.05) is 0 Å². The van der Waals surface area contributed by atoms with Gasteiger partial charge in [-0.25, -0.2) is 13.6 Å². The van der Waals surface area contributed by atoms with E-state index in [-0.39, 0.29) is 18.5 Å². The van der Waals surface area contributed by atoms with E-state index in [0.717, 1.165) is 11.0 Å². The van der Waals surface area contributed by atoms with Crippen LogP contribution < -0.4 is 4.90 Å². The highest BCUT2D eigenvalue weighted by atomic mass is 19.1. The maximum atomic E-state index is 14.1. The first kappa shape index (κ1) is 18.2. The predicted molar refractivity (Wildman–Crippen MR) is 85.9 cm³/mol. The first-order valence-electron chi connectivity index (χ1n) is 7.72. The molecular formula is C17H22F2N2O3. The van der Waals surface area contributed by atoms with Crippen molar-refractivity contribution >= 4 is 17.7 Å². The number of anilines is 1. The van der Waals surface area contributed by atoms with Gasteiger partial charge >= 0.3 is 6.09 Å². The van der Waals surface area contributed by atoms with Crippen molar-refractivity contribution in [3.05, 3.63) is 29.3 Å². The second-order valence-electron chi connectivity index (χ2n) is 6.94. The van der Waals surface area contributed by atoms with Crippen molar-refractivity contribution in [3.63, 3.8) is 0 Å². The van der Waals surface area contributed by atoms with E-state index in [2.05, 4.69) is 0 Å². The van der Waals surface area contributed by atoms with Crippen molar-refractivity contribution in [1.82, 2.24) is 4.90 Å². The summed E-state index contributed by atoms with van der Waals surface area (Å²) in [6.07, 6.45) is -0.0981. The number of carbonyl (C=O) groups excluding carboxylic acids is 2. The molecule has 24 heavy (non-hydrogen) atoms. The summed E-state index contributed by atoms with van der Waals surface area (Å²) < 4.78 is 32.8. The maximum Gasteiger partial charge on any atom is 0.410 e. The number of hydrogen-bond acceptors (Lipinski definition) is 3. The minimum absolute atomic E-state index is 0.0569. The highest BCUT2D eigenvalue weighted by Crippen LogP contribution is 2.31. The quantitative estimate of drug-likeness (QED) is 0.789. The number of fused-ring (bicyclic) bond motifs is 1. The van der Waals surface area contributed by atoms with Crippen molar-refractivity contribution in [2.24, 2.45) is 0 Å². The lowest BCUT2D eigenvalue weighted by atomic mass is 10.0. The molecule has 7 heteroatoms. The lowest BCUT2D eigenvalue weighted by Gasteiger charge is -2.30. The molecule has 0 aliphatic carbocycles. The highest BCUT2D eigenvalue weighted by Gasteiger charge is 2.36. The van der Waals surface area contributed by atoms with Crippen LogP contribution in [0.3, 0.4) is 0 Å². The maximum absolute atomic E-state index is 14.1. The Bertz CT molecular complexity index is 671. The number of amides is 2. The van der Waals surface area contributed by atoms with Crippen LogP contribution in [0.25, 0.3) is 0 Å². The number of likely N-dealkylation sites (N-methyl/N-ethyl adjacent to an activating group) is 2. The van der Waals surface area contributed by atoms with Gasteiger partial charge in [-0.05, 0) is 45.2 Å². The van der Waals surface area contributed by atoms with Gasteiger partial charge in [-0.3, -0.25) is 9.69 Å². The Balaban J connectivity index is 2.29. The van der Waals surface area contributed by atoms with E-state index in [1.54, 1.807) is 20.8 Å². The standard InChI is InChI=1S/C17H22F2N2O3/c1-17(2,3)24-16(23)20(4)13-7-6-10-8-11(18)9-12(19)14(10)21(5)15(13)22/h8-9,13H,6-7H2,1-5H3. The molecule has 0 bridgehead atoms. The molecule has 1 aromatic rings. The molecule has 2 amide bonds. The zero-order chi connectivity index (χ0) is 18.2. The molecule has 5 nitrogen and oxygen atoms in total. The summed E-state index contributed by atoms with van der Waals surface area (Å²) in [7, 11) is 2.89. The number of halogens is 2. The highest BCUT2D eigenvalue weighted by molar-refractivity contribution is 5.99. The third-order valence-corrected chi connectivity index (χ3v) is 3.89. The molecule has 2 rings (SSSR count). The summed E-state index contributed by atoms with van der Waals surface area (Å²) in [5, 5.41) is 0. The molecule has 1 aliphatic rings. The second-order valence-corrected chi connectivity index (χ2v) is 6.94. The first-order valence-corrected chi connectivity index (χ1v) is 7.72. The fourth-order valence-electron chi connectivity index (χ4n) is 2.76. The Labute approximate surface area is 140 Å². The van der Waals surface area contributed by atoms with Crippen molar-refractivity contribution < 1.29 is 23.1 Å². The lowest BCUT2D eigenvalue weighted by molar-refractivity contribution is -0.123. The lowest BCUT2D eigenvalue weighted by Crippen LogP contribution is -2.49. The van der Waals surface area contributed by atoms with Crippen LogP contribution in [-0.2, 0) is 16.0 Å². The third kappa shape index (κ3) is 3.66. The first-order chi connectivity index (χ1) is 11.0. The molecule has 0 saturated heterocycles. The van der Waals surface area contributed by atoms with E-state index >= 15 is 0 Å². The van der Waals surface area contributed by atoms with Crippen LogP contribution in [0, 0.1) is 11.6 Å². The molecule has 0 N–H and O–H groups in total. The van der Waals surface area contributed by atoms with Crippen molar-refractivity contribution in [2.45, 2.75) is 45.3 Å². The topological polar surface area (TPSA) is 49.9 Å². The summed E-state index contributed by atoms with van der Waals surface area (Å²) in [6.45, 7) is 5.19. The largest absolute Gasteiger partial charge is 0.444 e. The molecule has 0 fully saturated rings. The summed E-state index contributed by atoms with van der Waals surface area (Å²) in [6, 6.07) is 1.16. The number of nitrogens with zero attached hydrogens (tertiary/aromatic N) is 2. The van der Waals surface area contributed by atoms with Gasteiger partial charge in [0.2, 0.25) is 5.91 Å². The summed E-state index contributed by atoms with van der Waals surface area (Å²) in [5.41, 5.74) is -0.228. The van der Waals surface area contributed by atoms with Crippen molar-refractivity contribution in [3.8, 4) is 0 Å². The number of ether oxygens (including phenoxy) is 1. The van der Waals surface area contributed by atoms with Gasteiger partial charge in [-0.1, -0.05) is 0 Å². The van der Waals surface area contributed by atoms with Gasteiger partial charge < -0.3 is 9.64 Å². The molecule has 1 aliphatic heterocycles. The fourth-order valence-corrected chi connectivity index (χ4v) is 2.76. The molecule has 0 saturated carbocycles. The zero-order valence-corrected chi connectivity index (χ0v) is 14.5. The molecule has 0 spiro atoms. The normalized spacial score (nSPS) is 18.0. The van der Waals surface area contributed by atoms with Crippen LogP contribution in [0.2, 0.25) is 0 Å². The number of benzene rings is 1. The van der Waals surface area contributed by atoms with Gasteiger partial charge in [0, 0.05) is 20.2 Å². The van der Waals surface area contributed by atoms with Gasteiger partial charge in [0.1, 0.15) is 23.3 Å². The van der Waals surface area contributed by atoms with Gasteiger partial charge in [0.25, 0.3) is 0 Å². The number of aryl methyl sites for hydroxylation is 1. The molecule has 0 aromatic heterocycles. The molecule has 0 radical (unpaired) electrons. The van der Waals surface area contributed by atoms with Gasteiger partial charge in [-0.2, -0.15) is 0 Å². The van der Waals surface area contributed by atoms with E-state index in [0.29, 0.717) is 5.56 Å². The van der Waals surface area contributed by atoms with Crippen LogP contribution in [0.15, 0.2) is 12.1 Å². The minimum atomic E-state index is -0.806. The van der Waals surface area contributed by atoms with E-state index in [9.17, 15) is 18.4 Å².